The van der Waals surface area contributed by atoms with Gasteiger partial charge in [0.1, 0.15) is 6.10 Å². The van der Waals surface area contributed by atoms with E-state index in [2.05, 4.69) is 11.9 Å². The summed E-state index contributed by atoms with van der Waals surface area (Å²) < 4.78 is 9.50. The molecule has 0 aromatic carbocycles. The third-order valence-electron chi connectivity index (χ3n) is 2.47. The van der Waals surface area contributed by atoms with E-state index in [9.17, 15) is 19.5 Å². The van der Waals surface area contributed by atoms with E-state index in [-0.39, 0.29) is 19.2 Å². The van der Waals surface area contributed by atoms with Crippen molar-refractivity contribution < 1.29 is 29.0 Å². The lowest BCUT2D eigenvalue weighted by atomic mass is 10.00. The molecule has 0 rings (SSSR count). The molecule has 114 valence electrons. The van der Waals surface area contributed by atoms with Crippen LogP contribution in [0, 0.1) is 0 Å². The normalized spacial score (nSPS) is 12.9. The number of esters is 2. The maximum Gasteiger partial charge on any atom is 0.331 e. The summed E-state index contributed by atoms with van der Waals surface area (Å²) in [7, 11) is 0. The molecule has 0 aromatic rings. The summed E-state index contributed by atoms with van der Waals surface area (Å²) in [6.45, 7) is 6.93. The molecule has 0 fully saturated rings. The minimum Gasteiger partial charge on any atom is -0.466 e. The number of aliphatic hydroxyl groups is 1. The van der Waals surface area contributed by atoms with E-state index in [0.29, 0.717) is 24.8 Å². The van der Waals surface area contributed by atoms with Crippen molar-refractivity contribution in [2.75, 3.05) is 13.2 Å². The lowest BCUT2D eigenvalue weighted by Crippen LogP contribution is -2.47. The van der Waals surface area contributed by atoms with Crippen LogP contribution in [-0.2, 0) is 23.9 Å². The second-order valence-corrected chi connectivity index (χ2v) is 4.06. The fourth-order valence-corrected chi connectivity index (χ4v) is 1.49. The molecule has 0 aliphatic carbocycles. The minimum atomic E-state index is -1.25. The van der Waals surface area contributed by atoms with Gasteiger partial charge in [0.15, 0.2) is 6.04 Å². The molecule has 7 heteroatoms. The Morgan fingerprint density at radius 1 is 1.40 bits per heavy atom. The van der Waals surface area contributed by atoms with Gasteiger partial charge in [-0.15, -0.1) is 0 Å². The van der Waals surface area contributed by atoms with E-state index in [1.165, 1.54) is 6.92 Å². The van der Waals surface area contributed by atoms with Crippen molar-refractivity contribution in [3.63, 3.8) is 0 Å². The van der Waals surface area contributed by atoms with Crippen molar-refractivity contribution >= 4 is 18.3 Å². The van der Waals surface area contributed by atoms with Crippen molar-refractivity contribution in [2.24, 2.45) is 0 Å². The van der Waals surface area contributed by atoms with Gasteiger partial charge in [-0.25, -0.2) is 4.79 Å². The van der Waals surface area contributed by atoms with Crippen LogP contribution in [0.3, 0.4) is 0 Å². The van der Waals surface area contributed by atoms with Gasteiger partial charge >= 0.3 is 11.9 Å². The second-order valence-electron chi connectivity index (χ2n) is 4.06. The van der Waals surface area contributed by atoms with Gasteiger partial charge in [-0.3, -0.25) is 9.59 Å². The molecule has 0 heterocycles. The second kappa shape index (κ2) is 9.96. The van der Waals surface area contributed by atoms with Gasteiger partial charge in [0.2, 0.25) is 6.41 Å². The number of hydrogen-bond donors (Lipinski definition) is 2. The Bertz CT molecular complexity index is 355. The third kappa shape index (κ3) is 6.89. The van der Waals surface area contributed by atoms with Gasteiger partial charge in [-0.05, 0) is 25.3 Å². The monoisotopic (exact) mass is 287 g/mol. The number of carbonyl (C=O) groups excluding carboxylic acids is 3. The van der Waals surface area contributed by atoms with Gasteiger partial charge in [-0.1, -0.05) is 6.58 Å². The van der Waals surface area contributed by atoms with E-state index >= 15 is 0 Å². The average molecular weight is 287 g/mol. The summed E-state index contributed by atoms with van der Waals surface area (Å²) in [6.07, 6.45) is -0.120. The first-order chi connectivity index (χ1) is 9.43. The van der Waals surface area contributed by atoms with E-state index in [1.54, 1.807) is 6.92 Å². The summed E-state index contributed by atoms with van der Waals surface area (Å²) >= 11 is 0. The van der Waals surface area contributed by atoms with Gasteiger partial charge in [0.25, 0.3) is 0 Å². The molecule has 7 nitrogen and oxygen atoms in total. The fraction of sp³-hybridized carbons (Fsp3) is 0.615. The SMILES string of the molecule is C=C(CCCOC(C)=O)C(O)C(NC=O)C(=O)OCC. The zero-order valence-electron chi connectivity index (χ0n) is 11.8. The van der Waals surface area contributed by atoms with Crippen molar-refractivity contribution in [2.45, 2.75) is 38.8 Å². The number of ether oxygens (including phenoxy) is 2. The standard InChI is InChI=1S/C13H21NO6/c1-4-19-13(18)11(14-8-15)12(17)9(2)6-5-7-20-10(3)16/h8,11-12,17H,2,4-7H2,1,3H3,(H,14,15). The molecular weight excluding hydrogens is 266 g/mol. The number of hydrogen-bond acceptors (Lipinski definition) is 6. The lowest BCUT2D eigenvalue weighted by Gasteiger charge is -2.22. The van der Waals surface area contributed by atoms with Crippen molar-refractivity contribution in [3.8, 4) is 0 Å². The summed E-state index contributed by atoms with van der Waals surface area (Å²) in [5.74, 6) is -1.11. The number of nitrogens with one attached hydrogen (secondary N) is 1. The first kappa shape index (κ1) is 18.1. The highest BCUT2D eigenvalue weighted by Crippen LogP contribution is 2.12. The molecule has 2 unspecified atom stereocenters. The Morgan fingerprint density at radius 3 is 2.55 bits per heavy atom. The number of amides is 1. The first-order valence-electron chi connectivity index (χ1n) is 6.29. The van der Waals surface area contributed by atoms with Crippen LogP contribution in [0.5, 0.6) is 0 Å². The predicted molar refractivity (Wildman–Crippen MR) is 70.6 cm³/mol. The molecule has 2 atom stereocenters. The zero-order valence-corrected chi connectivity index (χ0v) is 11.8. The van der Waals surface area contributed by atoms with Crippen LogP contribution < -0.4 is 5.32 Å². The van der Waals surface area contributed by atoms with E-state index in [1.807, 2.05) is 0 Å². The highest BCUT2D eigenvalue weighted by atomic mass is 16.5. The smallest absolute Gasteiger partial charge is 0.331 e. The summed E-state index contributed by atoms with van der Waals surface area (Å²) in [5.41, 5.74) is 0.351. The maximum atomic E-state index is 11.6. The molecule has 0 saturated carbocycles. The molecule has 0 aromatic heterocycles. The Morgan fingerprint density at radius 2 is 2.05 bits per heavy atom. The predicted octanol–water partition coefficient (Wildman–Crippen LogP) is -0.0755. The van der Waals surface area contributed by atoms with Crippen molar-refractivity contribution in [1.29, 1.82) is 0 Å². The van der Waals surface area contributed by atoms with Crippen LogP contribution in [-0.4, -0.2) is 48.8 Å². The van der Waals surface area contributed by atoms with Crippen LogP contribution in [0.1, 0.15) is 26.7 Å². The van der Waals surface area contributed by atoms with Gasteiger partial charge in [0, 0.05) is 6.92 Å². The van der Waals surface area contributed by atoms with Gasteiger partial charge in [-0.2, -0.15) is 0 Å². The first-order valence-corrected chi connectivity index (χ1v) is 6.29. The van der Waals surface area contributed by atoms with Crippen LogP contribution in [0.25, 0.3) is 0 Å². The lowest BCUT2D eigenvalue weighted by molar-refractivity contribution is -0.149. The van der Waals surface area contributed by atoms with Crippen molar-refractivity contribution in [3.05, 3.63) is 12.2 Å². The van der Waals surface area contributed by atoms with E-state index in [4.69, 9.17) is 9.47 Å². The maximum absolute atomic E-state index is 11.6. The molecule has 0 aliphatic rings. The molecule has 0 aliphatic heterocycles. The molecule has 0 radical (unpaired) electrons. The summed E-state index contributed by atoms with van der Waals surface area (Å²) in [6, 6.07) is -1.19. The molecule has 1 amide bonds. The molecule has 20 heavy (non-hydrogen) atoms. The van der Waals surface area contributed by atoms with Gasteiger partial charge in [0.05, 0.1) is 13.2 Å². The molecule has 0 saturated heterocycles. The quantitative estimate of drug-likeness (QED) is 0.252. The summed E-state index contributed by atoms with van der Waals surface area (Å²) in [4.78, 5) is 32.6. The molecule has 0 bridgehead atoms. The Hall–Kier alpha value is -1.89. The number of carbonyl (C=O) groups is 3. The molecule has 2 N–H and O–H groups in total. The number of rotatable bonds is 10. The average Bonchev–Trinajstić information content (AvgIpc) is 2.39. The van der Waals surface area contributed by atoms with Crippen LogP contribution in [0.15, 0.2) is 12.2 Å². The van der Waals surface area contributed by atoms with E-state index < -0.39 is 18.1 Å². The van der Waals surface area contributed by atoms with Crippen LogP contribution in [0.4, 0.5) is 0 Å². The van der Waals surface area contributed by atoms with E-state index in [0.717, 1.165) is 0 Å². The zero-order chi connectivity index (χ0) is 15.5. The largest absolute Gasteiger partial charge is 0.466 e. The topological polar surface area (TPSA) is 102 Å². The molecular formula is C13H21NO6. The third-order valence-corrected chi connectivity index (χ3v) is 2.47. The van der Waals surface area contributed by atoms with Crippen molar-refractivity contribution in [1.82, 2.24) is 5.32 Å². The van der Waals surface area contributed by atoms with Crippen LogP contribution >= 0.6 is 0 Å². The highest BCUT2D eigenvalue weighted by molar-refractivity contribution is 5.79. The van der Waals surface area contributed by atoms with Crippen LogP contribution in [0.2, 0.25) is 0 Å². The minimum absolute atomic E-state index is 0.140. The fourth-order valence-electron chi connectivity index (χ4n) is 1.49. The van der Waals surface area contributed by atoms with Gasteiger partial charge < -0.3 is 19.9 Å². The number of aliphatic hydroxyl groups excluding tert-OH is 1. The molecule has 0 spiro atoms. The highest BCUT2D eigenvalue weighted by Gasteiger charge is 2.29. The summed E-state index contributed by atoms with van der Waals surface area (Å²) in [5, 5.41) is 12.2. The Kier molecular flexibility index (Phi) is 9.02. The Labute approximate surface area is 117 Å². The Balaban J connectivity index is 4.37.